The Bertz CT molecular complexity index is 839. The van der Waals surface area contributed by atoms with E-state index in [9.17, 15) is 24.3 Å². The molecule has 0 saturated carbocycles. The van der Waals surface area contributed by atoms with Crippen LogP contribution in [-0.4, -0.2) is 71.5 Å². The van der Waals surface area contributed by atoms with Crippen LogP contribution in [0, 0.1) is 5.92 Å². The van der Waals surface area contributed by atoms with Crippen LogP contribution in [0.2, 0.25) is 0 Å². The van der Waals surface area contributed by atoms with Crippen LogP contribution in [0.1, 0.15) is 45.1 Å². The van der Waals surface area contributed by atoms with Crippen molar-refractivity contribution in [2.45, 2.75) is 70.1 Å². The summed E-state index contributed by atoms with van der Waals surface area (Å²) >= 11 is 1.48. The Morgan fingerprint density at radius 1 is 0.889 bits per heavy atom. The zero-order chi connectivity index (χ0) is 27.1. The van der Waals surface area contributed by atoms with Crippen molar-refractivity contribution < 1.29 is 24.3 Å². The molecule has 10 nitrogen and oxygen atoms in total. The lowest BCUT2D eigenvalue weighted by atomic mass is 10.0. The van der Waals surface area contributed by atoms with Gasteiger partial charge in [-0.2, -0.15) is 11.8 Å². The third kappa shape index (κ3) is 11.4. The van der Waals surface area contributed by atoms with E-state index >= 15 is 0 Å². The van der Waals surface area contributed by atoms with Gasteiger partial charge in [-0.05, 0) is 55.7 Å². The Hall–Kier alpha value is -2.63. The van der Waals surface area contributed by atoms with Crippen LogP contribution in [0.25, 0.3) is 0 Å². The Morgan fingerprint density at radius 3 is 2.03 bits per heavy atom. The fraction of sp³-hybridized carbons (Fsp3) is 0.600. The molecule has 0 aliphatic carbocycles. The van der Waals surface area contributed by atoms with Gasteiger partial charge >= 0.3 is 5.97 Å². The molecule has 0 aliphatic heterocycles. The highest BCUT2D eigenvalue weighted by molar-refractivity contribution is 7.98. The zero-order valence-corrected chi connectivity index (χ0v) is 22.2. The minimum absolute atomic E-state index is 0.130. The number of nitrogens with one attached hydrogen (secondary N) is 3. The molecule has 0 heterocycles. The lowest BCUT2D eigenvalue weighted by Gasteiger charge is -2.26. The molecule has 0 aliphatic rings. The van der Waals surface area contributed by atoms with Crippen LogP contribution in [0.15, 0.2) is 30.3 Å². The second-order valence-corrected chi connectivity index (χ2v) is 10.0. The molecule has 0 bridgehead atoms. The number of carbonyl (C=O) groups is 4. The summed E-state index contributed by atoms with van der Waals surface area (Å²) in [7, 11) is 0. The molecule has 0 saturated heterocycles. The van der Waals surface area contributed by atoms with Crippen LogP contribution in [0.5, 0.6) is 0 Å². The largest absolute Gasteiger partial charge is 0.480 e. The number of amides is 3. The number of hydrogen-bond acceptors (Lipinski definition) is 7. The number of nitrogens with two attached hydrogens (primary N) is 2. The number of rotatable bonds is 17. The topological polar surface area (TPSA) is 177 Å². The molecule has 4 unspecified atom stereocenters. The SMILES string of the molecule is CSCCC(NC(=O)C(CCCCN)NC(=O)C(Cc1ccccc1)NC(=O)C(N)C(C)C)C(=O)O. The first-order valence-corrected chi connectivity index (χ1v) is 13.6. The molecule has 0 radical (unpaired) electrons. The van der Waals surface area contributed by atoms with Gasteiger partial charge in [0.15, 0.2) is 0 Å². The van der Waals surface area contributed by atoms with Crippen LogP contribution in [-0.2, 0) is 25.6 Å². The fourth-order valence-electron chi connectivity index (χ4n) is 3.43. The van der Waals surface area contributed by atoms with Crippen LogP contribution < -0.4 is 27.4 Å². The summed E-state index contributed by atoms with van der Waals surface area (Å²) in [5, 5.41) is 17.5. The summed E-state index contributed by atoms with van der Waals surface area (Å²) < 4.78 is 0. The Kier molecular flexibility index (Phi) is 14.8. The predicted molar refractivity (Wildman–Crippen MR) is 142 cm³/mol. The average molecular weight is 524 g/mol. The van der Waals surface area contributed by atoms with Gasteiger partial charge in [0, 0.05) is 6.42 Å². The van der Waals surface area contributed by atoms with Crippen molar-refractivity contribution in [1.29, 1.82) is 0 Å². The lowest BCUT2D eigenvalue weighted by molar-refractivity contribution is -0.142. The Labute approximate surface area is 217 Å². The first kappa shape index (κ1) is 31.4. The second-order valence-electron chi connectivity index (χ2n) is 9.05. The number of carboxylic acid groups (broad SMARTS) is 1. The molecule has 11 heteroatoms. The Balaban J connectivity index is 3.08. The third-order valence-corrected chi connectivity index (χ3v) is 6.39. The maximum Gasteiger partial charge on any atom is 0.326 e. The number of unbranched alkanes of at least 4 members (excludes halogenated alkanes) is 1. The highest BCUT2D eigenvalue weighted by Crippen LogP contribution is 2.09. The van der Waals surface area contributed by atoms with Crippen molar-refractivity contribution in [1.82, 2.24) is 16.0 Å². The highest BCUT2D eigenvalue weighted by Gasteiger charge is 2.30. The van der Waals surface area contributed by atoms with Gasteiger partial charge in [0.2, 0.25) is 17.7 Å². The summed E-state index contributed by atoms with van der Waals surface area (Å²) in [6, 6.07) is 5.36. The van der Waals surface area contributed by atoms with Crippen molar-refractivity contribution in [2.75, 3.05) is 18.6 Å². The maximum absolute atomic E-state index is 13.3. The number of hydrogen-bond donors (Lipinski definition) is 6. The number of aliphatic carboxylic acids is 1. The summed E-state index contributed by atoms with van der Waals surface area (Å²) in [6.07, 6.45) is 3.79. The van der Waals surface area contributed by atoms with Gasteiger partial charge < -0.3 is 32.5 Å². The van der Waals surface area contributed by atoms with E-state index in [4.69, 9.17) is 11.5 Å². The second kappa shape index (κ2) is 16.9. The van der Waals surface area contributed by atoms with Crippen molar-refractivity contribution in [2.24, 2.45) is 17.4 Å². The molecule has 202 valence electrons. The van der Waals surface area contributed by atoms with Gasteiger partial charge in [-0.25, -0.2) is 4.79 Å². The van der Waals surface area contributed by atoms with E-state index in [1.807, 2.05) is 50.4 Å². The normalized spacial score (nSPS) is 14.4. The van der Waals surface area contributed by atoms with E-state index in [0.29, 0.717) is 25.1 Å². The number of thioether (sulfide) groups is 1. The van der Waals surface area contributed by atoms with Crippen molar-refractivity contribution in [3.8, 4) is 0 Å². The standard InChI is InChI=1S/C25H41N5O5S/c1-16(2)21(27)24(33)30-20(15-17-9-5-4-6-10-17)23(32)28-18(11-7-8-13-26)22(31)29-19(25(34)35)12-14-36-3/h4-6,9-10,16,18-21H,7-8,11-15,26-27H2,1-3H3,(H,28,32)(H,29,31)(H,30,33)(H,34,35). The molecule has 36 heavy (non-hydrogen) atoms. The average Bonchev–Trinajstić information content (AvgIpc) is 2.85. The summed E-state index contributed by atoms with van der Waals surface area (Å²) in [5.74, 6) is -2.31. The molecule has 1 aromatic carbocycles. The molecular weight excluding hydrogens is 482 g/mol. The summed E-state index contributed by atoms with van der Waals surface area (Å²) in [4.78, 5) is 50.6. The van der Waals surface area contributed by atoms with Gasteiger partial charge in [-0.1, -0.05) is 44.2 Å². The number of benzene rings is 1. The van der Waals surface area contributed by atoms with E-state index in [-0.39, 0.29) is 25.2 Å². The van der Waals surface area contributed by atoms with Crippen molar-refractivity contribution in [3.05, 3.63) is 35.9 Å². The Morgan fingerprint density at radius 2 is 1.47 bits per heavy atom. The monoisotopic (exact) mass is 523 g/mol. The lowest BCUT2D eigenvalue weighted by Crippen LogP contribution is -2.58. The first-order chi connectivity index (χ1) is 17.1. The van der Waals surface area contributed by atoms with Crippen LogP contribution >= 0.6 is 11.8 Å². The van der Waals surface area contributed by atoms with E-state index in [1.54, 1.807) is 0 Å². The van der Waals surface area contributed by atoms with Gasteiger partial charge in [0.1, 0.15) is 18.1 Å². The number of carboxylic acids is 1. The van der Waals surface area contributed by atoms with Gasteiger partial charge in [0.25, 0.3) is 0 Å². The van der Waals surface area contributed by atoms with Gasteiger partial charge in [-0.3, -0.25) is 14.4 Å². The molecule has 8 N–H and O–H groups in total. The predicted octanol–water partition coefficient (Wildman–Crippen LogP) is 0.634. The summed E-state index contributed by atoms with van der Waals surface area (Å²) in [6.45, 7) is 4.04. The van der Waals surface area contributed by atoms with Gasteiger partial charge in [0.05, 0.1) is 6.04 Å². The molecule has 0 aromatic heterocycles. The maximum atomic E-state index is 13.3. The van der Waals surface area contributed by atoms with Gasteiger partial charge in [-0.15, -0.1) is 0 Å². The third-order valence-electron chi connectivity index (χ3n) is 5.74. The molecule has 1 rings (SSSR count). The van der Waals surface area contributed by atoms with Crippen LogP contribution in [0.3, 0.4) is 0 Å². The first-order valence-electron chi connectivity index (χ1n) is 12.2. The molecule has 3 amide bonds. The van der Waals surface area contributed by atoms with E-state index < -0.39 is 47.9 Å². The molecule has 0 fully saturated rings. The minimum Gasteiger partial charge on any atom is -0.480 e. The van der Waals surface area contributed by atoms with E-state index in [2.05, 4.69) is 16.0 Å². The molecule has 1 aromatic rings. The molecule has 4 atom stereocenters. The summed E-state index contributed by atoms with van der Waals surface area (Å²) in [5.41, 5.74) is 12.4. The highest BCUT2D eigenvalue weighted by atomic mass is 32.2. The number of carbonyl (C=O) groups excluding carboxylic acids is 3. The van der Waals surface area contributed by atoms with Crippen molar-refractivity contribution in [3.63, 3.8) is 0 Å². The van der Waals surface area contributed by atoms with Crippen LogP contribution in [0.4, 0.5) is 0 Å². The molecular formula is C25H41N5O5S. The smallest absolute Gasteiger partial charge is 0.326 e. The van der Waals surface area contributed by atoms with E-state index in [0.717, 1.165) is 5.56 Å². The quantitative estimate of drug-likeness (QED) is 0.161. The van der Waals surface area contributed by atoms with E-state index in [1.165, 1.54) is 11.8 Å². The molecule has 0 spiro atoms. The minimum atomic E-state index is -1.14. The zero-order valence-electron chi connectivity index (χ0n) is 21.4. The van der Waals surface area contributed by atoms with Crippen molar-refractivity contribution >= 4 is 35.5 Å². The fourth-order valence-corrected chi connectivity index (χ4v) is 3.90.